The molecule has 24 heavy (non-hydrogen) atoms. The van der Waals surface area contributed by atoms with Crippen molar-refractivity contribution in [2.75, 3.05) is 32.1 Å². The number of likely N-dealkylation sites (N-methyl/N-ethyl adjacent to an activating group) is 1. The van der Waals surface area contributed by atoms with E-state index in [0.29, 0.717) is 18.2 Å². The minimum absolute atomic E-state index is 0.0115. The van der Waals surface area contributed by atoms with Gasteiger partial charge in [-0.3, -0.25) is 15.1 Å². The van der Waals surface area contributed by atoms with Crippen LogP contribution in [0.25, 0.3) is 11.3 Å². The highest BCUT2D eigenvalue weighted by molar-refractivity contribution is 7.14. The van der Waals surface area contributed by atoms with Gasteiger partial charge in [0.2, 0.25) is 5.91 Å². The molecule has 8 nitrogen and oxygen atoms in total. The summed E-state index contributed by atoms with van der Waals surface area (Å²) in [6, 6.07) is 3.53. The molecular formula is C15H17N5O3S. The van der Waals surface area contributed by atoms with Gasteiger partial charge in [-0.25, -0.2) is 9.78 Å². The number of carbonyl (C=O) groups excluding carboxylic acids is 2. The number of rotatable bonds is 5. The summed E-state index contributed by atoms with van der Waals surface area (Å²) in [7, 11) is 1.56. The standard InChI is InChI=1S/C15H17N5O3S/c1-16-13(21)8-23-11-6-20(7-11)15(22)19-14-18-12(9-24-14)10-3-2-4-17-5-10/h2-5,9,11H,6-8H2,1H3,(H,16,21)(H,18,19,22). The molecule has 1 saturated heterocycles. The van der Waals surface area contributed by atoms with E-state index in [0.717, 1.165) is 11.3 Å². The van der Waals surface area contributed by atoms with Crippen molar-refractivity contribution < 1.29 is 14.3 Å². The van der Waals surface area contributed by atoms with Gasteiger partial charge < -0.3 is 15.0 Å². The van der Waals surface area contributed by atoms with E-state index in [1.807, 2.05) is 17.5 Å². The molecule has 2 aromatic heterocycles. The zero-order valence-corrected chi connectivity index (χ0v) is 13.9. The van der Waals surface area contributed by atoms with Crippen molar-refractivity contribution in [2.24, 2.45) is 0 Å². The topological polar surface area (TPSA) is 96.5 Å². The Morgan fingerprint density at radius 1 is 1.46 bits per heavy atom. The van der Waals surface area contributed by atoms with E-state index in [-0.39, 0.29) is 24.6 Å². The first-order valence-corrected chi connectivity index (χ1v) is 8.27. The number of likely N-dealkylation sites (tertiary alicyclic amines) is 1. The van der Waals surface area contributed by atoms with Gasteiger partial charge in [0.25, 0.3) is 0 Å². The Morgan fingerprint density at radius 3 is 3.00 bits per heavy atom. The number of anilines is 1. The maximum atomic E-state index is 12.1. The minimum Gasteiger partial charge on any atom is -0.365 e. The van der Waals surface area contributed by atoms with Crippen molar-refractivity contribution in [3.05, 3.63) is 29.9 Å². The fraction of sp³-hybridized carbons (Fsp3) is 0.333. The number of hydrogen-bond donors (Lipinski definition) is 2. The van der Waals surface area contributed by atoms with E-state index in [2.05, 4.69) is 20.6 Å². The monoisotopic (exact) mass is 347 g/mol. The summed E-state index contributed by atoms with van der Waals surface area (Å²) >= 11 is 1.36. The SMILES string of the molecule is CNC(=O)COC1CN(C(=O)Nc2nc(-c3cccnc3)cs2)C1. The first-order valence-electron chi connectivity index (χ1n) is 7.39. The van der Waals surface area contributed by atoms with Crippen LogP contribution in [-0.2, 0) is 9.53 Å². The van der Waals surface area contributed by atoms with Gasteiger partial charge >= 0.3 is 6.03 Å². The van der Waals surface area contributed by atoms with Gasteiger partial charge in [0.1, 0.15) is 6.61 Å². The summed E-state index contributed by atoms with van der Waals surface area (Å²) in [5.74, 6) is -0.177. The molecule has 0 atom stereocenters. The Labute approximate surface area is 142 Å². The first-order chi connectivity index (χ1) is 11.7. The predicted octanol–water partition coefficient (Wildman–Crippen LogP) is 1.18. The number of carbonyl (C=O) groups is 2. The summed E-state index contributed by atoms with van der Waals surface area (Å²) in [5, 5.41) is 7.66. The molecule has 3 heterocycles. The highest BCUT2D eigenvalue weighted by Crippen LogP contribution is 2.24. The van der Waals surface area contributed by atoms with Crippen molar-refractivity contribution in [3.63, 3.8) is 0 Å². The molecule has 0 aromatic carbocycles. The van der Waals surface area contributed by atoms with Crippen molar-refractivity contribution in [1.82, 2.24) is 20.2 Å². The van der Waals surface area contributed by atoms with E-state index < -0.39 is 0 Å². The van der Waals surface area contributed by atoms with E-state index in [1.54, 1.807) is 24.3 Å². The third-order valence-electron chi connectivity index (χ3n) is 3.54. The first kappa shape index (κ1) is 16.3. The third-order valence-corrected chi connectivity index (χ3v) is 4.30. The molecule has 0 spiro atoms. The average Bonchev–Trinajstić information content (AvgIpc) is 3.02. The van der Waals surface area contributed by atoms with Crippen molar-refractivity contribution >= 4 is 28.4 Å². The van der Waals surface area contributed by atoms with Crippen LogP contribution in [0.15, 0.2) is 29.9 Å². The fourth-order valence-corrected chi connectivity index (χ4v) is 2.83. The fourth-order valence-electron chi connectivity index (χ4n) is 2.12. The second-order valence-electron chi connectivity index (χ2n) is 5.22. The van der Waals surface area contributed by atoms with Crippen LogP contribution in [0.4, 0.5) is 9.93 Å². The molecule has 0 bridgehead atoms. The largest absolute Gasteiger partial charge is 0.365 e. The quantitative estimate of drug-likeness (QED) is 0.847. The Balaban J connectivity index is 1.47. The second kappa shape index (κ2) is 7.37. The Bertz CT molecular complexity index is 715. The molecule has 3 amide bonds. The number of ether oxygens (including phenoxy) is 1. The van der Waals surface area contributed by atoms with E-state index in [9.17, 15) is 9.59 Å². The molecular weight excluding hydrogens is 330 g/mol. The van der Waals surface area contributed by atoms with Crippen molar-refractivity contribution in [2.45, 2.75) is 6.10 Å². The molecule has 1 aliphatic heterocycles. The van der Waals surface area contributed by atoms with E-state index in [1.165, 1.54) is 11.3 Å². The van der Waals surface area contributed by atoms with Gasteiger partial charge in [-0.05, 0) is 12.1 Å². The van der Waals surface area contributed by atoms with Gasteiger partial charge in [-0.15, -0.1) is 11.3 Å². The maximum absolute atomic E-state index is 12.1. The minimum atomic E-state index is -0.220. The summed E-state index contributed by atoms with van der Waals surface area (Å²) in [6.07, 6.45) is 3.32. The Hall–Kier alpha value is -2.52. The van der Waals surface area contributed by atoms with Crippen LogP contribution < -0.4 is 10.6 Å². The molecule has 2 aromatic rings. The molecule has 0 saturated carbocycles. The lowest BCUT2D eigenvalue weighted by atomic mass is 10.2. The molecule has 0 unspecified atom stereocenters. The third kappa shape index (κ3) is 3.87. The van der Waals surface area contributed by atoms with Gasteiger partial charge in [0, 0.05) is 30.4 Å². The smallest absolute Gasteiger partial charge is 0.323 e. The van der Waals surface area contributed by atoms with E-state index >= 15 is 0 Å². The van der Waals surface area contributed by atoms with Crippen LogP contribution >= 0.6 is 11.3 Å². The van der Waals surface area contributed by atoms with Crippen LogP contribution in [0.3, 0.4) is 0 Å². The molecule has 126 valence electrons. The predicted molar refractivity (Wildman–Crippen MR) is 89.7 cm³/mol. The number of nitrogens with zero attached hydrogens (tertiary/aromatic N) is 3. The zero-order chi connectivity index (χ0) is 16.9. The van der Waals surface area contributed by atoms with Crippen LogP contribution in [0, 0.1) is 0 Å². The highest BCUT2D eigenvalue weighted by atomic mass is 32.1. The molecule has 3 rings (SSSR count). The second-order valence-corrected chi connectivity index (χ2v) is 6.08. The lowest BCUT2D eigenvalue weighted by molar-refractivity contribution is -0.130. The highest BCUT2D eigenvalue weighted by Gasteiger charge is 2.32. The average molecular weight is 347 g/mol. The number of nitrogens with one attached hydrogen (secondary N) is 2. The maximum Gasteiger partial charge on any atom is 0.323 e. The molecule has 0 radical (unpaired) electrons. The van der Waals surface area contributed by atoms with Gasteiger partial charge in [-0.2, -0.15) is 0 Å². The number of urea groups is 1. The number of amides is 3. The summed E-state index contributed by atoms with van der Waals surface area (Å²) in [4.78, 5) is 33.3. The van der Waals surface area contributed by atoms with Crippen LogP contribution in [0.1, 0.15) is 0 Å². The van der Waals surface area contributed by atoms with Crippen molar-refractivity contribution in [1.29, 1.82) is 0 Å². The normalized spacial score (nSPS) is 14.1. The molecule has 1 fully saturated rings. The summed E-state index contributed by atoms with van der Waals surface area (Å²) < 4.78 is 5.37. The Morgan fingerprint density at radius 2 is 2.29 bits per heavy atom. The lowest BCUT2D eigenvalue weighted by Gasteiger charge is -2.38. The number of hydrogen-bond acceptors (Lipinski definition) is 6. The summed E-state index contributed by atoms with van der Waals surface area (Å²) in [5.41, 5.74) is 1.68. The van der Waals surface area contributed by atoms with Crippen LogP contribution in [0.5, 0.6) is 0 Å². The number of pyridine rings is 1. The molecule has 9 heteroatoms. The number of aromatic nitrogens is 2. The molecule has 1 aliphatic rings. The van der Waals surface area contributed by atoms with Gasteiger partial charge in [0.05, 0.1) is 24.9 Å². The Kier molecular flexibility index (Phi) is 5.02. The van der Waals surface area contributed by atoms with Crippen LogP contribution in [-0.4, -0.2) is 59.7 Å². The summed E-state index contributed by atoms with van der Waals surface area (Å²) in [6.45, 7) is 0.935. The molecule has 2 N–H and O–H groups in total. The van der Waals surface area contributed by atoms with E-state index in [4.69, 9.17) is 4.74 Å². The van der Waals surface area contributed by atoms with Gasteiger partial charge in [-0.1, -0.05) is 0 Å². The number of thiazole rings is 1. The lowest BCUT2D eigenvalue weighted by Crippen LogP contribution is -2.56. The van der Waals surface area contributed by atoms with Gasteiger partial charge in [0.15, 0.2) is 5.13 Å². The van der Waals surface area contributed by atoms with Crippen LogP contribution in [0.2, 0.25) is 0 Å². The zero-order valence-electron chi connectivity index (χ0n) is 13.1. The molecule has 0 aliphatic carbocycles. The van der Waals surface area contributed by atoms with Crippen molar-refractivity contribution in [3.8, 4) is 11.3 Å².